The molecular weight excluding hydrogens is 256 g/mol. The molecule has 104 valence electrons. The van der Waals surface area contributed by atoms with Crippen molar-refractivity contribution in [3.63, 3.8) is 0 Å². The van der Waals surface area contributed by atoms with Crippen molar-refractivity contribution in [1.82, 2.24) is 24.1 Å². The lowest BCUT2D eigenvalue weighted by Crippen LogP contribution is -2.09. The summed E-state index contributed by atoms with van der Waals surface area (Å²) in [5.74, 6) is 2.00. The smallest absolute Gasteiger partial charge is 0.215 e. The van der Waals surface area contributed by atoms with Gasteiger partial charge in [0, 0.05) is 38.5 Å². The lowest BCUT2D eigenvalue weighted by molar-refractivity contribution is 0.399. The van der Waals surface area contributed by atoms with E-state index in [9.17, 15) is 0 Å². The molecule has 0 aliphatic rings. The Labute approximate surface area is 116 Å². The topological polar surface area (TPSA) is 83.8 Å². The maximum absolute atomic E-state index is 5.97. The van der Waals surface area contributed by atoms with Gasteiger partial charge >= 0.3 is 0 Å². The number of aryl methyl sites for hydroxylation is 3. The Morgan fingerprint density at radius 1 is 1.30 bits per heavy atom. The average Bonchev–Trinajstić information content (AvgIpc) is 2.99. The highest BCUT2D eigenvalue weighted by Crippen LogP contribution is 2.19. The number of ether oxygens (including phenoxy) is 1. The number of hydrogen-bond acceptors (Lipinski definition) is 5. The predicted octanol–water partition coefficient (Wildman–Crippen LogP) is 0.998. The van der Waals surface area contributed by atoms with Gasteiger partial charge < -0.3 is 15.0 Å². The number of fused-ring (bicyclic) bond motifs is 1. The molecule has 3 aromatic rings. The van der Waals surface area contributed by atoms with Crippen LogP contribution in [-0.4, -0.2) is 31.2 Å². The van der Waals surface area contributed by atoms with E-state index in [1.54, 1.807) is 19.4 Å². The predicted molar refractivity (Wildman–Crippen MR) is 75.4 cm³/mol. The van der Waals surface area contributed by atoms with E-state index in [1.807, 2.05) is 28.4 Å². The normalized spacial score (nSPS) is 11.1. The maximum Gasteiger partial charge on any atom is 0.215 e. The Morgan fingerprint density at radius 2 is 2.15 bits per heavy atom. The summed E-state index contributed by atoms with van der Waals surface area (Å²) in [4.78, 5) is 13.0. The number of nitrogen functional groups attached to an aromatic ring is 1. The molecule has 0 amide bonds. The highest BCUT2D eigenvalue weighted by Gasteiger charge is 2.11. The number of anilines is 1. The van der Waals surface area contributed by atoms with E-state index in [4.69, 9.17) is 10.5 Å². The van der Waals surface area contributed by atoms with Crippen LogP contribution in [-0.2, 0) is 20.0 Å². The summed E-state index contributed by atoms with van der Waals surface area (Å²) >= 11 is 0. The van der Waals surface area contributed by atoms with Gasteiger partial charge in [-0.2, -0.15) is 4.98 Å². The van der Waals surface area contributed by atoms with Crippen LogP contribution in [0.15, 0.2) is 24.5 Å². The van der Waals surface area contributed by atoms with E-state index in [-0.39, 0.29) is 0 Å². The number of pyridine rings is 1. The van der Waals surface area contributed by atoms with Gasteiger partial charge in [-0.1, -0.05) is 0 Å². The largest absolute Gasteiger partial charge is 0.481 e. The Balaban J connectivity index is 1.94. The van der Waals surface area contributed by atoms with Crippen LogP contribution in [0.3, 0.4) is 0 Å². The van der Waals surface area contributed by atoms with Crippen molar-refractivity contribution in [2.45, 2.75) is 13.0 Å². The summed E-state index contributed by atoms with van der Waals surface area (Å²) in [7, 11) is 3.56. The molecular formula is C13H16N6O. The summed E-state index contributed by atoms with van der Waals surface area (Å²) in [6, 6.07) is 3.63. The van der Waals surface area contributed by atoms with Crippen LogP contribution in [0.2, 0.25) is 0 Å². The first kappa shape index (κ1) is 12.5. The van der Waals surface area contributed by atoms with Gasteiger partial charge in [0.25, 0.3) is 0 Å². The first-order valence-electron chi connectivity index (χ1n) is 6.32. The van der Waals surface area contributed by atoms with E-state index in [0.29, 0.717) is 18.4 Å². The Bertz CT molecular complexity index is 744. The first-order chi connectivity index (χ1) is 9.69. The first-order valence-corrected chi connectivity index (χ1v) is 6.32. The minimum atomic E-state index is 0.454. The average molecular weight is 272 g/mol. The minimum absolute atomic E-state index is 0.454. The molecule has 0 radical (unpaired) electrons. The van der Waals surface area contributed by atoms with Crippen LogP contribution < -0.4 is 10.5 Å². The number of imidazole rings is 2. The molecule has 2 N–H and O–H groups in total. The van der Waals surface area contributed by atoms with Crippen molar-refractivity contribution in [2.75, 3.05) is 12.8 Å². The summed E-state index contributed by atoms with van der Waals surface area (Å²) in [6.07, 6.45) is 4.47. The Morgan fingerprint density at radius 3 is 2.85 bits per heavy atom. The van der Waals surface area contributed by atoms with Crippen molar-refractivity contribution in [2.24, 2.45) is 7.05 Å². The van der Waals surface area contributed by atoms with Crippen LogP contribution in [0.4, 0.5) is 5.95 Å². The van der Waals surface area contributed by atoms with Crippen LogP contribution in [0.5, 0.6) is 5.88 Å². The van der Waals surface area contributed by atoms with E-state index >= 15 is 0 Å². The van der Waals surface area contributed by atoms with Crippen LogP contribution in [0.1, 0.15) is 5.82 Å². The molecule has 20 heavy (non-hydrogen) atoms. The molecule has 0 saturated carbocycles. The van der Waals surface area contributed by atoms with Crippen LogP contribution >= 0.6 is 0 Å². The third-order valence-electron chi connectivity index (χ3n) is 3.29. The second-order valence-electron chi connectivity index (χ2n) is 4.52. The van der Waals surface area contributed by atoms with Crippen molar-refractivity contribution >= 4 is 17.1 Å². The zero-order chi connectivity index (χ0) is 14.1. The fraction of sp³-hybridized carbons (Fsp3) is 0.308. The second kappa shape index (κ2) is 4.84. The molecule has 3 heterocycles. The molecule has 0 aromatic carbocycles. The minimum Gasteiger partial charge on any atom is -0.481 e. The van der Waals surface area contributed by atoms with Crippen molar-refractivity contribution < 1.29 is 4.74 Å². The molecule has 0 aliphatic heterocycles. The summed E-state index contributed by atoms with van der Waals surface area (Å²) < 4.78 is 9.02. The Kier molecular flexibility index (Phi) is 3.02. The zero-order valence-electron chi connectivity index (χ0n) is 11.4. The number of rotatable bonds is 4. The van der Waals surface area contributed by atoms with E-state index in [1.165, 1.54) is 0 Å². The molecule has 0 fully saturated rings. The molecule has 0 bridgehead atoms. The fourth-order valence-electron chi connectivity index (χ4n) is 2.19. The highest BCUT2D eigenvalue weighted by molar-refractivity contribution is 5.74. The van der Waals surface area contributed by atoms with E-state index in [0.717, 1.165) is 23.4 Å². The summed E-state index contributed by atoms with van der Waals surface area (Å²) in [5.41, 5.74) is 7.47. The van der Waals surface area contributed by atoms with Gasteiger partial charge in [0.15, 0.2) is 5.65 Å². The van der Waals surface area contributed by atoms with Gasteiger partial charge in [-0.25, -0.2) is 9.97 Å². The summed E-state index contributed by atoms with van der Waals surface area (Å²) in [5, 5.41) is 0. The maximum atomic E-state index is 5.97. The lowest BCUT2D eigenvalue weighted by atomic mass is 10.4. The number of nitrogens with zero attached hydrogens (tertiary/aromatic N) is 5. The van der Waals surface area contributed by atoms with Gasteiger partial charge in [-0.05, 0) is 6.07 Å². The standard InChI is InChI=1S/C13H16N6O/c1-18-8-6-15-10(18)5-7-19-12-9(16-13(19)14)3-4-11(17-12)20-2/h3-4,6,8H,5,7H2,1-2H3,(H2,14,16). The van der Waals surface area contributed by atoms with Crippen LogP contribution in [0, 0.1) is 0 Å². The van der Waals surface area contributed by atoms with Gasteiger partial charge in [0.05, 0.1) is 7.11 Å². The number of hydrogen-bond donors (Lipinski definition) is 1. The van der Waals surface area contributed by atoms with Gasteiger partial charge in [-0.3, -0.25) is 4.57 Å². The molecule has 0 atom stereocenters. The zero-order valence-corrected chi connectivity index (χ0v) is 11.4. The molecule has 0 aliphatic carbocycles. The monoisotopic (exact) mass is 272 g/mol. The fourth-order valence-corrected chi connectivity index (χ4v) is 2.19. The van der Waals surface area contributed by atoms with Crippen molar-refractivity contribution in [3.05, 3.63) is 30.4 Å². The summed E-state index contributed by atoms with van der Waals surface area (Å²) in [6.45, 7) is 0.674. The quantitative estimate of drug-likeness (QED) is 0.766. The van der Waals surface area contributed by atoms with Crippen molar-refractivity contribution in [3.8, 4) is 5.88 Å². The second-order valence-corrected chi connectivity index (χ2v) is 4.52. The van der Waals surface area contributed by atoms with Crippen LogP contribution in [0.25, 0.3) is 11.2 Å². The van der Waals surface area contributed by atoms with Gasteiger partial charge in [0.1, 0.15) is 11.3 Å². The molecule has 3 rings (SSSR count). The SMILES string of the molecule is COc1ccc2nc(N)n(CCc3nccn3C)c2n1. The molecule has 7 nitrogen and oxygen atoms in total. The molecule has 0 saturated heterocycles. The van der Waals surface area contributed by atoms with Crippen molar-refractivity contribution in [1.29, 1.82) is 0 Å². The molecule has 3 aromatic heterocycles. The Hall–Kier alpha value is -2.57. The number of nitrogens with two attached hydrogens (primary N) is 1. The molecule has 0 unspecified atom stereocenters. The van der Waals surface area contributed by atoms with Gasteiger partial charge in [0.2, 0.25) is 11.8 Å². The number of methoxy groups -OCH3 is 1. The van der Waals surface area contributed by atoms with E-state index in [2.05, 4.69) is 15.0 Å². The van der Waals surface area contributed by atoms with Gasteiger partial charge in [-0.15, -0.1) is 0 Å². The highest BCUT2D eigenvalue weighted by atomic mass is 16.5. The lowest BCUT2D eigenvalue weighted by Gasteiger charge is -2.06. The third kappa shape index (κ3) is 2.07. The van der Waals surface area contributed by atoms with E-state index < -0.39 is 0 Å². The third-order valence-corrected chi connectivity index (χ3v) is 3.29. The molecule has 7 heteroatoms. The molecule has 0 spiro atoms. The number of aromatic nitrogens is 5.